The SMILES string of the molecule is C=C(C)[C@@H]1C[C@@H](OC(C)=O)[C@@]2(C)C3=CC[C@@H]([C@@H]4COC(=O)C4)[C@]3(C)CC[C@@H]2[C@@]1(C)[C@H](CC(=O)OC)OC(C)=O. The van der Waals surface area contributed by atoms with Crippen LogP contribution in [0.15, 0.2) is 23.8 Å². The highest BCUT2D eigenvalue weighted by molar-refractivity contribution is 5.72. The van der Waals surface area contributed by atoms with E-state index in [1.54, 1.807) is 0 Å². The Morgan fingerprint density at radius 1 is 1.15 bits per heavy atom. The molecule has 8 heteroatoms. The molecule has 0 amide bonds. The van der Waals surface area contributed by atoms with E-state index < -0.39 is 35.0 Å². The number of ether oxygens (including phenoxy) is 4. The summed E-state index contributed by atoms with van der Waals surface area (Å²) in [5.74, 6) is -1.24. The highest BCUT2D eigenvalue weighted by Gasteiger charge is 2.69. The molecule has 2 saturated carbocycles. The van der Waals surface area contributed by atoms with Gasteiger partial charge in [0.1, 0.15) is 12.2 Å². The first-order valence-electron chi connectivity index (χ1n) is 14.1. The van der Waals surface area contributed by atoms with E-state index in [2.05, 4.69) is 33.4 Å². The molecule has 1 saturated heterocycles. The van der Waals surface area contributed by atoms with Gasteiger partial charge in [0.15, 0.2) is 0 Å². The number of hydrogen-bond donors (Lipinski definition) is 0. The van der Waals surface area contributed by atoms with Gasteiger partial charge in [-0.2, -0.15) is 0 Å². The maximum Gasteiger partial charge on any atom is 0.309 e. The molecule has 0 aromatic heterocycles. The van der Waals surface area contributed by atoms with Crippen molar-refractivity contribution in [3.05, 3.63) is 23.8 Å². The van der Waals surface area contributed by atoms with Gasteiger partial charge < -0.3 is 18.9 Å². The number of fused-ring (bicyclic) bond motifs is 3. The van der Waals surface area contributed by atoms with Gasteiger partial charge in [0.25, 0.3) is 0 Å². The summed E-state index contributed by atoms with van der Waals surface area (Å²) in [5, 5.41) is 0. The van der Waals surface area contributed by atoms with Crippen LogP contribution in [-0.2, 0) is 38.1 Å². The fraction of sp³-hybridized carbons (Fsp3) is 0.742. The monoisotopic (exact) mass is 544 g/mol. The molecule has 4 rings (SSSR count). The Hall–Kier alpha value is -2.64. The lowest BCUT2D eigenvalue weighted by Crippen LogP contribution is -2.65. The highest BCUT2D eigenvalue weighted by Crippen LogP contribution is 2.71. The minimum absolute atomic E-state index is 0.0678. The van der Waals surface area contributed by atoms with Crippen molar-refractivity contribution in [2.24, 2.45) is 39.9 Å². The molecule has 9 atom stereocenters. The maximum atomic E-state index is 12.6. The molecule has 1 aliphatic heterocycles. The second kappa shape index (κ2) is 10.4. The van der Waals surface area contributed by atoms with Gasteiger partial charge in [-0.25, -0.2) is 0 Å². The first-order chi connectivity index (χ1) is 18.2. The van der Waals surface area contributed by atoms with Crippen molar-refractivity contribution in [1.82, 2.24) is 0 Å². The number of rotatable bonds is 7. The van der Waals surface area contributed by atoms with E-state index in [1.165, 1.54) is 26.5 Å². The van der Waals surface area contributed by atoms with E-state index in [-0.39, 0.29) is 47.4 Å². The summed E-state index contributed by atoms with van der Waals surface area (Å²) in [6.45, 7) is 16.1. The van der Waals surface area contributed by atoms with Crippen LogP contribution in [0.25, 0.3) is 0 Å². The Balaban J connectivity index is 1.85. The van der Waals surface area contributed by atoms with E-state index in [0.29, 0.717) is 19.4 Å². The van der Waals surface area contributed by atoms with Crippen LogP contribution in [0, 0.1) is 39.9 Å². The second-order valence-electron chi connectivity index (χ2n) is 12.9. The first kappa shape index (κ1) is 29.3. The van der Waals surface area contributed by atoms with E-state index >= 15 is 0 Å². The average molecular weight is 545 g/mol. The molecule has 0 spiro atoms. The average Bonchev–Trinajstić information content (AvgIpc) is 3.42. The molecule has 39 heavy (non-hydrogen) atoms. The van der Waals surface area contributed by atoms with E-state index in [0.717, 1.165) is 24.8 Å². The normalized spacial score (nSPS) is 39.9. The van der Waals surface area contributed by atoms with Crippen LogP contribution in [0.1, 0.15) is 80.1 Å². The van der Waals surface area contributed by atoms with Crippen molar-refractivity contribution < 1.29 is 38.1 Å². The Morgan fingerprint density at radius 3 is 2.38 bits per heavy atom. The molecule has 4 aliphatic rings. The molecule has 3 aliphatic carbocycles. The van der Waals surface area contributed by atoms with Crippen molar-refractivity contribution in [2.75, 3.05) is 13.7 Å². The van der Waals surface area contributed by atoms with E-state index in [9.17, 15) is 19.2 Å². The summed E-state index contributed by atoms with van der Waals surface area (Å²) in [7, 11) is 1.33. The minimum Gasteiger partial charge on any atom is -0.469 e. The number of methoxy groups -OCH3 is 1. The van der Waals surface area contributed by atoms with Crippen LogP contribution < -0.4 is 0 Å². The molecule has 0 aromatic carbocycles. The van der Waals surface area contributed by atoms with Gasteiger partial charge in [0.05, 0.1) is 26.6 Å². The first-order valence-corrected chi connectivity index (χ1v) is 14.1. The zero-order valence-electron chi connectivity index (χ0n) is 24.5. The van der Waals surface area contributed by atoms with Crippen LogP contribution in [0.3, 0.4) is 0 Å². The van der Waals surface area contributed by atoms with Crippen LogP contribution in [-0.4, -0.2) is 49.8 Å². The number of carbonyl (C=O) groups excluding carboxylic acids is 4. The molecule has 0 unspecified atom stereocenters. The van der Waals surface area contributed by atoms with Crippen LogP contribution in [0.5, 0.6) is 0 Å². The molecular formula is C31H44O8. The van der Waals surface area contributed by atoms with Gasteiger partial charge in [0.2, 0.25) is 0 Å². The Kier molecular flexibility index (Phi) is 7.82. The number of cyclic esters (lactones) is 1. The number of carbonyl (C=O) groups is 4. The van der Waals surface area contributed by atoms with Crippen molar-refractivity contribution >= 4 is 23.9 Å². The van der Waals surface area contributed by atoms with Gasteiger partial charge in [-0.1, -0.05) is 44.6 Å². The quantitative estimate of drug-likeness (QED) is 0.252. The third-order valence-corrected chi connectivity index (χ3v) is 10.8. The standard InChI is InChI=1S/C31H44O8/c1-17(2)22-14-25(38-18(3)32)31(7)23-10-9-21(20-13-28(35)37-16-20)29(23,5)12-11-24(31)30(22,6)26(39-19(4)33)15-27(34)36-8/h10,20-22,24-26H,1,9,11-16H2,2-8H3/t20-,21-,22-,24+,25+,26-,29-,30-,31-/m0/s1. The second-order valence-corrected chi connectivity index (χ2v) is 12.9. The predicted octanol–water partition coefficient (Wildman–Crippen LogP) is 4.95. The van der Waals surface area contributed by atoms with Gasteiger partial charge in [-0.05, 0) is 55.8 Å². The largest absolute Gasteiger partial charge is 0.469 e. The van der Waals surface area contributed by atoms with Crippen LogP contribution in [0.2, 0.25) is 0 Å². The fourth-order valence-electron chi connectivity index (χ4n) is 9.21. The van der Waals surface area contributed by atoms with Crippen molar-refractivity contribution in [3.63, 3.8) is 0 Å². The third kappa shape index (κ3) is 4.71. The lowest BCUT2D eigenvalue weighted by molar-refractivity contribution is -0.207. The molecule has 216 valence electrons. The zero-order chi connectivity index (χ0) is 28.9. The molecule has 8 nitrogen and oxygen atoms in total. The Morgan fingerprint density at radius 2 is 1.85 bits per heavy atom. The summed E-state index contributed by atoms with van der Waals surface area (Å²) in [5.41, 5.74) is 0.689. The lowest BCUT2D eigenvalue weighted by Gasteiger charge is -2.65. The summed E-state index contributed by atoms with van der Waals surface area (Å²) < 4.78 is 22.5. The molecule has 0 radical (unpaired) electrons. The molecule has 1 heterocycles. The van der Waals surface area contributed by atoms with Crippen LogP contribution >= 0.6 is 0 Å². The minimum atomic E-state index is -0.741. The van der Waals surface area contributed by atoms with Gasteiger partial charge in [-0.3, -0.25) is 19.2 Å². The lowest BCUT2D eigenvalue weighted by atomic mass is 9.40. The molecular weight excluding hydrogens is 500 g/mol. The van der Waals surface area contributed by atoms with Gasteiger partial charge in [0, 0.05) is 30.6 Å². The summed E-state index contributed by atoms with van der Waals surface area (Å²) in [4.78, 5) is 49.5. The maximum absolute atomic E-state index is 12.6. The Labute approximate surface area is 231 Å². The summed E-state index contributed by atoms with van der Waals surface area (Å²) in [6, 6.07) is 0. The molecule has 3 fully saturated rings. The van der Waals surface area contributed by atoms with E-state index in [4.69, 9.17) is 18.9 Å². The highest BCUT2D eigenvalue weighted by atomic mass is 16.6. The van der Waals surface area contributed by atoms with Crippen LogP contribution in [0.4, 0.5) is 0 Å². The van der Waals surface area contributed by atoms with Gasteiger partial charge >= 0.3 is 23.9 Å². The Bertz CT molecular complexity index is 1090. The number of allylic oxidation sites excluding steroid dienone is 2. The van der Waals surface area contributed by atoms with Crippen molar-refractivity contribution in [2.45, 2.75) is 92.3 Å². The summed E-state index contributed by atoms with van der Waals surface area (Å²) >= 11 is 0. The smallest absolute Gasteiger partial charge is 0.309 e. The number of hydrogen-bond acceptors (Lipinski definition) is 8. The zero-order valence-corrected chi connectivity index (χ0v) is 24.5. The predicted molar refractivity (Wildman–Crippen MR) is 143 cm³/mol. The van der Waals surface area contributed by atoms with Crippen molar-refractivity contribution in [3.8, 4) is 0 Å². The van der Waals surface area contributed by atoms with E-state index in [1.807, 2.05) is 6.92 Å². The van der Waals surface area contributed by atoms with Crippen molar-refractivity contribution in [1.29, 1.82) is 0 Å². The molecule has 0 N–H and O–H groups in total. The summed E-state index contributed by atoms with van der Waals surface area (Å²) in [6.07, 6.45) is 4.48. The van der Waals surface area contributed by atoms with Gasteiger partial charge in [-0.15, -0.1) is 0 Å². The molecule has 0 bridgehead atoms. The fourth-order valence-corrected chi connectivity index (χ4v) is 9.21. The third-order valence-electron chi connectivity index (χ3n) is 10.8. The molecule has 0 aromatic rings. The topological polar surface area (TPSA) is 105 Å². The number of esters is 4.